The molecule has 1 aliphatic carbocycles. The number of nitrogens with zero attached hydrogens (tertiary/aromatic N) is 1. The first-order valence-corrected chi connectivity index (χ1v) is 11.4. The largest absolute Gasteiger partial charge is 0.352 e. The number of hydrogen-bond acceptors (Lipinski definition) is 2. The van der Waals surface area contributed by atoms with Crippen molar-refractivity contribution in [2.75, 3.05) is 0 Å². The second-order valence-electron chi connectivity index (χ2n) is 8.32. The Hall–Kier alpha value is -2.62. The summed E-state index contributed by atoms with van der Waals surface area (Å²) in [6.45, 7) is 1.36. The predicted molar refractivity (Wildman–Crippen MR) is 127 cm³/mol. The fraction of sp³-hybridized carbons (Fsp3) is 0.296. The maximum absolute atomic E-state index is 13.6. The van der Waals surface area contributed by atoms with Crippen LogP contribution in [0, 0.1) is 0 Å². The summed E-state index contributed by atoms with van der Waals surface area (Å²) in [7, 11) is 0. The van der Waals surface area contributed by atoms with Crippen LogP contribution in [0.15, 0.2) is 84.9 Å². The number of rotatable bonds is 8. The molecule has 4 heteroatoms. The Balaban J connectivity index is 1.67. The van der Waals surface area contributed by atoms with Crippen LogP contribution < -0.4 is 5.32 Å². The Labute approximate surface area is 190 Å². The molecule has 3 nitrogen and oxygen atoms in total. The normalized spacial score (nSPS) is 15.2. The first-order valence-electron chi connectivity index (χ1n) is 11.1. The molecule has 1 unspecified atom stereocenters. The van der Waals surface area contributed by atoms with Crippen molar-refractivity contribution < 1.29 is 4.79 Å². The summed E-state index contributed by atoms with van der Waals surface area (Å²) in [5.74, 6) is 0.0704. The van der Waals surface area contributed by atoms with Crippen molar-refractivity contribution >= 4 is 17.5 Å². The van der Waals surface area contributed by atoms with E-state index in [9.17, 15) is 4.79 Å². The van der Waals surface area contributed by atoms with Crippen LogP contribution in [0.2, 0.25) is 5.02 Å². The minimum atomic E-state index is -0.390. The van der Waals surface area contributed by atoms with E-state index in [2.05, 4.69) is 34.5 Å². The lowest BCUT2D eigenvalue weighted by Crippen LogP contribution is -2.43. The van der Waals surface area contributed by atoms with Crippen molar-refractivity contribution in [3.8, 4) is 0 Å². The van der Waals surface area contributed by atoms with Crippen molar-refractivity contribution in [1.29, 1.82) is 0 Å². The molecule has 1 atom stereocenters. The van der Waals surface area contributed by atoms with Crippen LogP contribution >= 0.6 is 11.6 Å². The highest BCUT2D eigenvalue weighted by atomic mass is 35.5. The van der Waals surface area contributed by atoms with E-state index in [-0.39, 0.29) is 11.9 Å². The molecule has 0 spiro atoms. The van der Waals surface area contributed by atoms with Crippen molar-refractivity contribution in [2.24, 2.45) is 0 Å². The standard InChI is InChI=1S/C27H29ClN2O/c28-24-17-15-23(16-18-24)26(27(31)29-25-13-7-8-14-25)30(19-21-9-3-1-4-10-21)20-22-11-5-2-6-12-22/h1-6,9-12,15-18,25-26H,7-8,13-14,19-20H2,(H,29,31). The Bertz CT molecular complexity index is 912. The van der Waals surface area contributed by atoms with Crippen LogP contribution in [0.25, 0.3) is 0 Å². The second-order valence-corrected chi connectivity index (χ2v) is 8.76. The van der Waals surface area contributed by atoms with Gasteiger partial charge in [0.25, 0.3) is 0 Å². The molecular formula is C27H29ClN2O. The van der Waals surface area contributed by atoms with Gasteiger partial charge in [-0.05, 0) is 41.7 Å². The van der Waals surface area contributed by atoms with Gasteiger partial charge in [-0.25, -0.2) is 0 Å². The third kappa shape index (κ3) is 5.96. The molecule has 0 aliphatic heterocycles. The Kier molecular flexibility index (Phi) is 7.39. The van der Waals surface area contributed by atoms with E-state index in [1.165, 1.54) is 24.0 Å². The topological polar surface area (TPSA) is 32.3 Å². The number of carbonyl (C=O) groups is 1. The van der Waals surface area contributed by atoms with Crippen LogP contribution in [0.4, 0.5) is 0 Å². The maximum Gasteiger partial charge on any atom is 0.242 e. The molecule has 0 saturated heterocycles. The van der Waals surface area contributed by atoms with E-state index in [0.29, 0.717) is 18.1 Å². The molecule has 3 aromatic rings. The van der Waals surface area contributed by atoms with Crippen LogP contribution in [0.3, 0.4) is 0 Å². The quantitative estimate of drug-likeness (QED) is 0.463. The van der Waals surface area contributed by atoms with Crippen LogP contribution in [0.1, 0.15) is 48.4 Å². The molecule has 4 rings (SSSR count). The summed E-state index contributed by atoms with van der Waals surface area (Å²) in [4.78, 5) is 15.9. The number of carbonyl (C=O) groups excluding carboxylic acids is 1. The highest BCUT2D eigenvalue weighted by Crippen LogP contribution is 2.28. The molecule has 0 heterocycles. The van der Waals surface area contributed by atoms with E-state index >= 15 is 0 Å². The Morgan fingerprint density at radius 1 is 0.839 bits per heavy atom. The number of hydrogen-bond donors (Lipinski definition) is 1. The molecule has 0 aromatic heterocycles. The molecule has 3 aromatic carbocycles. The highest BCUT2D eigenvalue weighted by Gasteiger charge is 2.30. The van der Waals surface area contributed by atoms with Crippen LogP contribution in [-0.4, -0.2) is 16.8 Å². The highest BCUT2D eigenvalue weighted by molar-refractivity contribution is 6.30. The van der Waals surface area contributed by atoms with Crippen molar-refractivity contribution in [3.05, 3.63) is 107 Å². The first-order chi connectivity index (χ1) is 15.2. The molecule has 31 heavy (non-hydrogen) atoms. The van der Waals surface area contributed by atoms with E-state index in [1.807, 2.05) is 60.7 Å². The SMILES string of the molecule is O=C(NC1CCCC1)C(c1ccc(Cl)cc1)N(Cc1ccccc1)Cc1ccccc1. The molecule has 1 N–H and O–H groups in total. The lowest BCUT2D eigenvalue weighted by Gasteiger charge is -2.32. The summed E-state index contributed by atoms with van der Waals surface area (Å²) >= 11 is 6.16. The lowest BCUT2D eigenvalue weighted by molar-refractivity contribution is -0.128. The Morgan fingerprint density at radius 3 is 1.87 bits per heavy atom. The minimum absolute atomic E-state index is 0.0704. The zero-order chi connectivity index (χ0) is 21.5. The number of halogens is 1. The van der Waals surface area contributed by atoms with Gasteiger partial charge in [0.15, 0.2) is 0 Å². The van der Waals surface area contributed by atoms with E-state index in [1.54, 1.807) is 0 Å². The van der Waals surface area contributed by atoms with Gasteiger partial charge in [-0.3, -0.25) is 9.69 Å². The molecule has 0 radical (unpaired) electrons. The lowest BCUT2D eigenvalue weighted by atomic mass is 10.0. The second kappa shape index (κ2) is 10.6. The summed E-state index contributed by atoms with van der Waals surface area (Å²) in [6.07, 6.45) is 4.51. The van der Waals surface area contributed by atoms with Gasteiger partial charge in [-0.15, -0.1) is 0 Å². The van der Waals surface area contributed by atoms with E-state index < -0.39 is 6.04 Å². The van der Waals surface area contributed by atoms with Gasteiger partial charge >= 0.3 is 0 Å². The fourth-order valence-electron chi connectivity index (χ4n) is 4.40. The van der Waals surface area contributed by atoms with Gasteiger partial charge in [0.1, 0.15) is 6.04 Å². The van der Waals surface area contributed by atoms with E-state index in [0.717, 1.165) is 18.4 Å². The molecule has 1 aliphatic rings. The summed E-state index contributed by atoms with van der Waals surface area (Å²) in [5.41, 5.74) is 3.34. The van der Waals surface area contributed by atoms with Gasteiger partial charge in [-0.1, -0.05) is 97.2 Å². The molecule has 1 fully saturated rings. The van der Waals surface area contributed by atoms with Gasteiger partial charge in [-0.2, -0.15) is 0 Å². The molecule has 160 valence electrons. The van der Waals surface area contributed by atoms with Crippen molar-refractivity contribution in [1.82, 2.24) is 10.2 Å². The van der Waals surface area contributed by atoms with Crippen molar-refractivity contribution in [3.63, 3.8) is 0 Å². The number of amides is 1. The summed E-state index contributed by atoms with van der Waals surface area (Å²) in [5, 5.41) is 4.01. The average molecular weight is 433 g/mol. The van der Waals surface area contributed by atoms with E-state index in [4.69, 9.17) is 11.6 Å². The average Bonchev–Trinajstić information content (AvgIpc) is 3.30. The van der Waals surface area contributed by atoms with Gasteiger partial charge in [0.2, 0.25) is 5.91 Å². The maximum atomic E-state index is 13.6. The molecule has 1 amide bonds. The molecule has 1 saturated carbocycles. The zero-order valence-corrected chi connectivity index (χ0v) is 18.5. The molecular weight excluding hydrogens is 404 g/mol. The predicted octanol–water partition coefficient (Wildman–Crippen LogP) is 6.14. The smallest absolute Gasteiger partial charge is 0.242 e. The van der Waals surface area contributed by atoms with Gasteiger partial charge in [0, 0.05) is 24.2 Å². The minimum Gasteiger partial charge on any atom is -0.352 e. The number of nitrogens with one attached hydrogen (secondary N) is 1. The zero-order valence-electron chi connectivity index (χ0n) is 17.7. The van der Waals surface area contributed by atoms with Gasteiger partial charge in [0.05, 0.1) is 0 Å². The van der Waals surface area contributed by atoms with Crippen LogP contribution in [0.5, 0.6) is 0 Å². The summed E-state index contributed by atoms with van der Waals surface area (Å²) in [6, 6.07) is 28.3. The third-order valence-electron chi connectivity index (χ3n) is 5.96. The van der Waals surface area contributed by atoms with Gasteiger partial charge < -0.3 is 5.32 Å². The summed E-state index contributed by atoms with van der Waals surface area (Å²) < 4.78 is 0. The monoisotopic (exact) mass is 432 g/mol. The van der Waals surface area contributed by atoms with Crippen molar-refractivity contribution in [2.45, 2.75) is 50.9 Å². The number of benzene rings is 3. The fourth-order valence-corrected chi connectivity index (χ4v) is 4.52. The van der Waals surface area contributed by atoms with Crippen LogP contribution in [-0.2, 0) is 17.9 Å². The first kappa shape index (κ1) is 21.6. The molecule has 0 bridgehead atoms. The third-order valence-corrected chi connectivity index (χ3v) is 6.21. The Morgan fingerprint density at radius 2 is 1.35 bits per heavy atom.